The fourth-order valence-corrected chi connectivity index (χ4v) is 1.72. The second kappa shape index (κ2) is 6.02. The number of hydrogen-bond donors (Lipinski definition) is 1. The standard InChI is InChI=1S/C12H10F3N3O4/c13-12(14,15)22-10-3-1-8(2-4-10)11(19)7-17-6-9(5-16-17)18(20)21/h1-6,11,19H,7H2. The molecule has 0 radical (unpaired) electrons. The molecule has 1 N–H and O–H groups in total. The Morgan fingerprint density at radius 3 is 2.50 bits per heavy atom. The lowest BCUT2D eigenvalue weighted by molar-refractivity contribution is -0.385. The van der Waals surface area contributed by atoms with E-state index in [-0.39, 0.29) is 12.2 Å². The molecular weight excluding hydrogens is 307 g/mol. The molecule has 2 rings (SSSR count). The van der Waals surface area contributed by atoms with Gasteiger partial charge in [-0.25, -0.2) is 0 Å². The van der Waals surface area contributed by atoms with Gasteiger partial charge in [-0.3, -0.25) is 14.8 Å². The summed E-state index contributed by atoms with van der Waals surface area (Å²) in [5.41, 5.74) is 0.105. The Balaban J connectivity index is 2.02. The molecule has 0 spiro atoms. The number of ether oxygens (including phenoxy) is 1. The fourth-order valence-electron chi connectivity index (χ4n) is 1.72. The van der Waals surface area contributed by atoms with Gasteiger partial charge in [0.2, 0.25) is 0 Å². The van der Waals surface area contributed by atoms with E-state index in [1.54, 1.807) is 0 Å². The molecule has 0 bridgehead atoms. The largest absolute Gasteiger partial charge is 0.573 e. The highest BCUT2D eigenvalue weighted by Gasteiger charge is 2.31. The van der Waals surface area contributed by atoms with E-state index in [4.69, 9.17) is 0 Å². The smallest absolute Gasteiger partial charge is 0.406 e. The van der Waals surface area contributed by atoms with Crippen molar-refractivity contribution in [2.45, 2.75) is 19.0 Å². The molecule has 7 nitrogen and oxygen atoms in total. The number of halogens is 3. The van der Waals surface area contributed by atoms with Gasteiger partial charge >= 0.3 is 12.0 Å². The van der Waals surface area contributed by atoms with Crippen molar-refractivity contribution in [3.8, 4) is 5.75 Å². The van der Waals surface area contributed by atoms with Gasteiger partial charge in [0.25, 0.3) is 0 Å². The number of nitro groups is 1. The van der Waals surface area contributed by atoms with E-state index in [0.717, 1.165) is 24.5 Å². The zero-order valence-electron chi connectivity index (χ0n) is 10.9. The Morgan fingerprint density at radius 2 is 2.00 bits per heavy atom. The third-order valence-electron chi connectivity index (χ3n) is 2.69. The van der Waals surface area contributed by atoms with Crippen LogP contribution < -0.4 is 4.74 Å². The molecule has 1 heterocycles. The third kappa shape index (κ3) is 4.19. The molecule has 2 aromatic rings. The van der Waals surface area contributed by atoms with Gasteiger partial charge in [-0.2, -0.15) is 5.10 Å². The first-order valence-electron chi connectivity index (χ1n) is 5.95. The lowest BCUT2D eigenvalue weighted by Gasteiger charge is -2.12. The summed E-state index contributed by atoms with van der Waals surface area (Å²) >= 11 is 0. The minimum absolute atomic E-state index is 0.0761. The third-order valence-corrected chi connectivity index (χ3v) is 2.69. The summed E-state index contributed by atoms with van der Waals surface area (Å²) in [7, 11) is 0. The number of alkyl halides is 3. The minimum Gasteiger partial charge on any atom is -0.406 e. The molecule has 1 unspecified atom stereocenters. The van der Waals surface area contributed by atoms with Crippen LogP contribution in [0.2, 0.25) is 0 Å². The van der Waals surface area contributed by atoms with Gasteiger partial charge < -0.3 is 9.84 Å². The zero-order valence-corrected chi connectivity index (χ0v) is 10.9. The molecule has 10 heteroatoms. The average molecular weight is 317 g/mol. The Kier molecular flexibility index (Phi) is 4.31. The maximum Gasteiger partial charge on any atom is 0.573 e. The summed E-state index contributed by atoms with van der Waals surface area (Å²) in [6, 6.07) is 4.67. The summed E-state index contributed by atoms with van der Waals surface area (Å²) in [5.74, 6) is -0.404. The summed E-state index contributed by atoms with van der Waals surface area (Å²) in [6.45, 7) is -0.0761. The van der Waals surface area contributed by atoms with Gasteiger partial charge in [0.1, 0.15) is 18.1 Å². The Hall–Kier alpha value is -2.62. The predicted octanol–water partition coefficient (Wildman–Crippen LogP) is 2.42. The van der Waals surface area contributed by atoms with Crippen LogP contribution in [0.5, 0.6) is 5.75 Å². The molecule has 0 aliphatic carbocycles. The highest BCUT2D eigenvalue weighted by Crippen LogP contribution is 2.25. The molecule has 1 aromatic carbocycles. The molecule has 1 atom stereocenters. The van der Waals surface area contributed by atoms with E-state index in [1.165, 1.54) is 16.8 Å². The van der Waals surface area contributed by atoms with E-state index < -0.39 is 23.1 Å². The first kappa shape index (κ1) is 15.8. The van der Waals surface area contributed by atoms with E-state index in [1.807, 2.05) is 0 Å². The molecule has 118 valence electrons. The van der Waals surface area contributed by atoms with E-state index in [0.29, 0.717) is 5.56 Å². The van der Waals surface area contributed by atoms with Crippen molar-refractivity contribution < 1.29 is 27.9 Å². The van der Waals surface area contributed by atoms with Crippen LogP contribution >= 0.6 is 0 Å². The van der Waals surface area contributed by atoms with Gasteiger partial charge in [-0.05, 0) is 17.7 Å². The average Bonchev–Trinajstić information content (AvgIpc) is 2.86. The normalized spacial score (nSPS) is 12.9. The second-order valence-electron chi connectivity index (χ2n) is 4.31. The SMILES string of the molecule is O=[N+]([O-])c1cnn(CC(O)c2ccc(OC(F)(F)F)cc2)c1. The quantitative estimate of drug-likeness (QED) is 0.675. The van der Waals surface area contributed by atoms with Gasteiger partial charge in [0.15, 0.2) is 0 Å². The molecule has 0 aliphatic heterocycles. The number of nitrogens with zero attached hydrogens (tertiary/aromatic N) is 3. The van der Waals surface area contributed by atoms with Crippen LogP contribution in [0.1, 0.15) is 11.7 Å². The number of aliphatic hydroxyl groups is 1. The zero-order chi connectivity index (χ0) is 16.3. The lowest BCUT2D eigenvalue weighted by Crippen LogP contribution is -2.17. The van der Waals surface area contributed by atoms with Crippen molar-refractivity contribution in [1.82, 2.24) is 9.78 Å². The van der Waals surface area contributed by atoms with Crippen molar-refractivity contribution >= 4 is 5.69 Å². The maximum atomic E-state index is 12.0. The lowest BCUT2D eigenvalue weighted by atomic mass is 10.1. The van der Waals surface area contributed by atoms with Crippen molar-refractivity contribution in [1.29, 1.82) is 0 Å². The molecule has 0 amide bonds. The van der Waals surface area contributed by atoms with Gasteiger partial charge in [-0.1, -0.05) is 12.1 Å². The molecular formula is C12H10F3N3O4. The molecule has 0 aliphatic rings. The summed E-state index contributed by atoms with van der Waals surface area (Å²) in [5, 5.41) is 24.2. The first-order chi connectivity index (χ1) is 10.2. The summed E-state index contributed by atoms with van der Waals surface area (Å²) < 4.78 is 40.9. The number of hydrogen-bond acceptors (Lipinski definition) is 5. The highest BCUT2D eigenvalue weighted by atomic mass is 19.4. The van der Waals surface area contributed by atoms with Crippen LogP contribution in [0.3, 0.4) is 0 Å². The number of aliphatic hydroxyl groups excluding tert-OH is 1. The monoisotopic (exact) mass is 317 g/mol. The predicted molar refractivity (Wildman–Crippen MR) is 67.0 cm³/mol. The maximum absolute atomic E-state index is 12.0. The van der Waals surface area contributed by atoms with Crippen LogP contribution in [0.15, 0.2) is 36.7 Å². The molecule has 1 aromatic heterocycles. The molecule has 22 heavy (non-hydrogen) atoms. The van der Waals surface area contributed by atoms with Crippen molar-refractivity contribution in [2.24, 2.45) is 0 Å². The van der Waals surface area contributed by atoms with E-state index >= 15 is 0 Å². The summed E-state index contributed by atoms with van der Waals surface area (Å²) in [4.78, 5) is 9.88. The van der Waals surface area contributed by atoms with Gasteiger partial charge in [-0.15, -0.1) is 13.2 Å². The number of benzene rings is 1. The van der Waals surface area contributed by atoms with Crippen LogP contribution in [-0.2, 0) is 6.54 Å². The van der Waals surface area contributed by atoms with Crippen LogP contribution in [0.25, 0.3) is 0 Å². The van der Waals surface area contributed by atoms with Crippen LogP contribution in [0, 0.1) is 10.1 Å². The molecule has 0 fully saturated rings. The fraction of sp³-hybridized carbons (Fsp3) is 0.250. The van der Waals surface area contributed by atoms with E-state index in [9.17, 15) is 28.4 Å². The number of aromatic nitrogens is 2. The van der Waals surface area contributed by atoms with Crippen LogP contribution in [0.4, 0.5) is 18.9 Å². The van der Waals surface area contributed by atoms with Gasteiger partial charge in [0, 0.05) is 0 Å². The minimum atomic E-state index is -4.78. The summed E-state index contributed by atoms with van der Waals surface area (Å²) in [6.07, 6.45) is -3.69. The van der Waals surface area contributed by atoms with Crippen LogP contribution in [-0.4, -0.2) is 26.2 Å². The van der Waals surface area contributed by atoms with E-state index in [2.05, 4.69) is 9.84 Å². The van der Waals surface area contributed by atoms with Gasteiger partial charge in [0.05, 0.1) is 17.6 Å². The molecule has 0 saturated heterocycles. The Labute approximate surface area is 121 Å². The second-order valence-corrected chi connectivity index (χ2v) is 4.31. The van der Waals surface area contributed by atoms with Crippen molar-refractivity contribution in [2.75, 3.05) is 0 Å². The highest BCUT2D eigenvalue weighted by molar-refractivity contribution is 5.29. The molecule has 0 saturated carbocycles. The Bertz CT molecular complexity index is 654. The topological polar surface area (TPSA) is 90.4 Å². The van der Waals surface area contributed by atoms with Crippen molar-refractivity contribution in [3.05, 3.63) is 52.3 Å². The number of rotatable bonds is 5. The Morgan fingerprint density at radius 1 is 1.36 bits per heavy atom. The van der Waals surface area contributed by atoms with Crippen molar-refractivity contribution in [3.63, 3.8) is 0 Å². The first-order valence-corrected chi connectivity index (χ1v) is 5.95.